The highest BCUT2D eigenvalue weighted by Crippen LogP contribution is 2.06. The average molecular weight is 284 g/mol. The molecule has 0 fully saturated rings. The lowest BCUT2D eigenvalue weighted by Crippen LogP contribution is -2.44. The Labute approximate surface area is 118 Å². The first-order valence-corrected chi connectivity index (χ1v) is 6.66. The Balaban J connectivity index is 2.74. The molecule has 1 atom stereocenters. The summed E-state index contributed by atoms with van der Waals surface area (Å²) in [7, 11) is 0. The molecule has 1 amide bonds. The molecule has 0 bridgehead atoms. The fourth-order valence-corrected chi connectivity index (χ4v) is 1.67. The minimum absolute atomic E-state index is 0.180. The van der Waals surface area contributed by atoms with Crippen molar-refractivity contribution in [3.63, 3.8) is 0 Å². The summed E-state index contributed by atoms with van der Waals surface area (Å²) in [5.41, 5.74) is 0.947. The molecule has 1 N–H and O–H groups in total. The lowest BCUT2D eigenvalue weighted by Gasteiger charge is -2.18. The van der Waals surface area contributed by atoms with Gasteiger partial charge < -0.3 is 10.1 Å². The third-order valence-corrected chi connectivity index (χ3v) is 2.62. The Bertz CT molecular complexity index is 420. The van der Waals surface area contributed by atoms with E-state index < -0.39 is 12.0 Å². The Morgan fingerprint density at radius 3 is 2.42 bits per heavy atom. The number of carbonyl (C=O) groups excluding carboxylic acids is 2. The fraction of sp³-hybridized carbons (Fsp3) is 0.429. The van der Waals surface area contributed by atoms with Gasteiger partial charge in [-0.25, -0.2) is 4.79 Å². The number of hydrogen-bond acceptors (Lipinski definition) is 3. The van der Waals surface area contributed by atoms with Crippen molar-refractivity contribution >= 4 is 23.5 Å². The Morgan fingerprint density at radius 1 is 1.26 bits per heavy atom. The maximum atomic E-state index is 11.9. The van der Waals surface area contributed by atoms with Crippen LogP contribution in [-0.2, 0) is 20.7 Å². The SMILES string of the molecule is CC(C)OC(=O)C(Cc1ccccc1)NC(=O)CCl. The summed E-state index contributed by atoms with van der Waals surface area (Å²) in [5, 5.41) is 2.57. The number of amides is 1. The number of nitrogens with one attached hydrogen (secondary N) is 1. The number of ether oxygens (including phenoxy) is 1. The molecule has 0 spiro atoms. The van der Waals surface area contributed by atoms with E-state index in [1.165, 1.54) is 0 Å². The number of hydrogen-bond donors (Lipinski definition) is 1. The first kappa shape index (κ1) is 15.5. The summed E-state index contributed by atoms with van der Waals surface area (Å²) >= 11 is 5.45. The van der Waals surface area contributed by atoms with Crippen molar-refractivity contribution in [2.75, 3.05) is 5.88 Å². The average Bonchev–Trinajstić information content (AvgIpc) is 2.38. The van der Waals surface area contributed by atoms with Gasteiger partial charge in [0, 0.05) is 6.42 Å². The predicted molar refractivity (Wildman–Crippen MR) is 74.0 cm³/mol. The molecule has 0 aromatic heterocycles. The lowest BCUT2D eigenvalue weighted by molar-refractivity contribution is -0.151. The quantitative estimate of drug-likeness (QED) is 0.641. The molecule has 1 aromatic rings. The highest BCUT2D eigenvalue weighted by atomic mass is 35.5. The van der Waals surface area contributed by atoms with Gasteiger partial charge in [0.25, 0.3) is 0 Å². The summed E-state index contributed by atoms with van der Waals surface area (Å²) in [6.45, 7) is 3.53. The van der Waals surface area contributed by atoms with Gasteiger partial charge in [-0.1, -0.05) is 30.3 Å². The molecule has 0 aliphatic heterocycles. The molecule has 4 nitrogen and oxygen atoms in total. The van der Waals surface area contributed by atoms with Crippen molar-refractivity contribution in [3.8, 4) is 0 Å². The third kappa shape index (κ3) is 5.75. The van der Waals surface area contributed by atoms with E-state index in [9.17, 15) is 9.59 Å². The van der Waals surface area contributed by atoms with Crippen LogP contribution in [0.15, 0.2) is 30.3 Å². The van der Waals surface area contributed by atoms with Crippen LogP contribution in [0.5, 0.6) is 0 Å². The maximum absolute atomic E-state index is 11.9. The van der Waals surface area contributed by atoms with Gasteiger partial charge in [-0.3, -0.25) is 4.79 Å². The molecule has 0 saturated carbocycles. The molecule has 1 rings (SSSR count). The summed E-state index contributed by atoms with van der Waals surface area (Å²) in [6.07, 6.45) is 0.161. The van der Waals surface area contributed by atoms with Gasteiger partial charge in [-0.2, -0.15) is 0 Å². The van der Waals surface area contributed by atoms with E-state index in [2.05, 4.69) is 5.32 Å². The van der Waals surface area contributed by atoms with Crippen molar-refractivity contribution in [1.29, 1.82) is 0 Å². The standard InChI is InChI=1S/C14H18ClNO3/c1-10(2)19-14(18)12(16-13(17)9-15)8-11-6-4-3-5-7-11/h3-7,10,12H,8-9H2,1-2H3,(H,16,17). The van der Waals surface area contributed by atoms with Crippen LogP contribution in [0, 0.1) is 0 Å². The molecule has 104 valence electrons. The van der Waals surface area contributed by atoms with Gasteiger partial charge in [-0.05, 0) is 19.4 Å². The zero-order valence-corrected chi connectivity index (χ0v) is 11.8. The van der Waals surface area contributed by atoms with Crippen LogP contribution in [0.1, 0.15) is 19.4 Å². The smallest absolute Gasteiger partial charge is 0.329 e. The van der Waals surface area contributed by atoms with Crippen LogP contribution in [0.25, 0.3) is 0 Å². The van der Waals surface area contributed by atoms with E-state index in [4.69, 9.17) is 16.3 Å². The number of carbonyl (C=O) groups is 2. The van der Waals surface area contributed by atoms with Gasteiger partial charge >= 0.3 is 5.97 Å². The van der Waals surface area contributed by atoms with E-state index in [0.29, 0.717) is 6.42 Å². The number of benzene rings is 1. The van der Waals surface area contributed by atoms with Crippen LogP contribution in [0.2, 0.25) is 0 Å². The van der Waals surface area contributed by atoms with E-state index >= 15 is 0 Å². The third-order valence-electron chi connectivity index (χ3n) is 2.38. The Hall–Kier alpha value is -1.55. The van der Waals surface area contributed by atoms with Crippen LogP contribution in [0.3, 0.4) is 0 Å². The summed E-state index contributed by atoms with van der Waals surface area (Å²) < 4.78 is 5.13. The molecule has 1 aromatic carbocycles. The first-order valence-electron chi connectivity index (χ1n) is 6.12. The molecule has 0 aliphatic carbocycles. The van der Waals surface area contributed by atoms with Crippen molar-refractivity contribution < 1.29 is 14.3 Å². The highest BCUT2D eigenvalue weighted by Gasteiger charge is 2.23. The largest absolute Gasteiger partial charge is 0.461 e. The van der Waals surface area contributed by atoms with Crippen LogP contribution in [0.4, 0.5) is 0 Å². The van der Waals surface area contributed by atoms with Gasteiger partial charge in [0.15, 0.2) is 0 Å². The first-order chi connectivity index (χ1) is 9.02. The van der Waals surface area contributed by atoms with Crippen molar-refractivity contribution in [3.05, 3.63) is 35.9 Å². The van der Waals surface area contributed by atoms with E-state index in [1.807, 2.05) is 30.3 Å². The second-order valence-corrected chi connectivity index (χ2v) is 4.70. The fourth-order valence-electron chi connectivity index (χ4n) is 1.59. The Kier molecular flexibility index (Phi) is 6.36. The molecule has 1 unspecified atom stereocenters. The summed E-state index contributed by atoms with van der Waals surface area (Å²) in [4.78, 5) is 23.3. The van der Waals surface area contributed by atoms with Crippen molar-refractivity contribution in [2.24, 2.45) is 0 Å². The summed E-state index contributed by atoms with van der Waals surface area (Å²) in [6, 6.07) is 8.72. The van der Waals surface area contributed by atoms with Gasteiger partial charge in [0.05, 0.1) is 6.10 Å². The molecule has 5 heteroatoms. The molecule has 19 heavy (non-hydrogen) atoms. The molecular weight excluding hydrogens is 266 g/mol. The van der Waals surface area contributed by atoms with Gasteiger partial charge in [0.1, 0.15) is 11.9 Å². The van der Waals surface area contributed by atoms with Gasteiger partial charge in [-0.15, -0.1) is 11.6 Å². The maximum Gasteiger partial charge on any atom is 0.329 e. The lowest BCUT2D eigenvalue weighted by atomic mass is 10.1. The second-order valence-electron chi connectivity index (χ2n) is 4.43. The van der Waals surface area contributed by atoms with E-state index in [0.717, 1.165) is 5.56 Å². The monoisotopic (exact) mass is 283 g/mol. The van der Waals surface area contributed by atoms with Crippen LogP contribution < -0.4 is 5.32 Å². The highest BCUT2D eigenvalue weighted by molar-refractivity contribution is 6.27. The number of halogens is 1. The normalized spacial score (nSPS) is 12.0. The van der Waals surface area contributed by atoms with Crippen LogP contribution >= 0.6 is 11.6 Å². The minimum Gasteiger partial charge on any atom is -0.461 e. The number of alkyl halides is 1. The molecule has 0 aliphatic rings. The van der Waals surface area contributed by atoms with Gasteiger partial charge in [0.2, 0.25) is 5.91 Å². The second kappa shape index (κ2) is 7.79. The topological polar surface area (TPSA) is 55.4 Å². The van der Waals surface area contributed by atoms with Crippen molar-refractivity contribution in [1.82, 2.24) is 5.32 Å². The molecule has 0 heterocycles. The molecular formula is C14H18ClNO3. The molecule has 0 radical (unpaired) electrons. The summed E-state index contributed by atoms with van der Waals surface area (Å²) in [5.74, 6) is -1.01. The minimum atomic E-state index is -0.712. The number of esters is 1. The zero-order valence-electron chi connectivity index (χ0n) is 11.1. The zero-order chi connectivity index (χ0) is 14.3. The van der Waals surface area contributed by atoms with E-state index in [1.54, 1.807) is 13.8 Å². The Morgan fingerprint density at radius 2 is 1.89 bits per heavy atom. The van der Waals surface area contributed by atoms with Crippen LogP contribution in [-0.4, -0.2) is 29.9 Å². The van der Waals surface area contributed by atoms with Crippen molar-refractivity contribution in [2.45, 2.75) is 32.4 Å². The van der Waals surface area contributed by atoms with E-state index in [-0.39, 0.29) is 17.9 Å². The predicted octanol–water partition coefficient (Wildman–Crippen LogP) is 1.90. The molecule has 0 saturated heterocycles. The number of rotatable bonds is 6.